The van der Waals surface area contributed by atoms with Crippen molar-refractivity contribution >= 4 is 12.2 Å². The minimum atomic E-state index is -1.15. The third-order valence-corrected chi connectivity index (χ3v) is 4.61. The van der Waals surface area contributed by atoms with Crippen molar-refractivity contribution in [2.24, 2.45) is 0 Å². The topological polar surface area (TPSA) is 19.0 Å². The van der Waals surface area contributed by atoms with Crippen LogP contribution in [0.2, 0.25) is 0 Å². The number of aromatic nitrogens is 1. The number of aromatic amines is 1. The lowest BCUT2D eigenvalue weighted by Crippen LogP contribution is -2.47. The smallest absolute Gasteiger partial charge is 0.118 e. The van der Waals surface area contributed by atoms with Gasteiger partial charge >= 0.3 is 0 Å². The van der Waals surface area contributed by atoms with Gasteiger partial charge < -0.3 is 4.98 Å². The first-order valence-electron chi connectivity index (χ1n) is 7.72. The quantitative estimate of drug-likeness (QED) is 0.879. The van der Waals surface area contributed by atoms with Crippen LogP contribution >= 0.6 is 0 Å². The molecule has 1 unspecified atom stereocenters. The zero-order chi connectivity index (χ0) is 14.5. The molecule has 1 aliphatic carbocycles. The van der Waals surface area contributed by atoms with Gasteiger partial charge in [0.2, 0.25) is 0 Å². The van der Waals surface area contributed by atoms with E-state index in [-0.39, 0.29) is 6.04 Å². The van der Waals surface area contributed by atoms with E-state index in [0.29, 0.717) is 12.6 Å². The van der Waals surface area contributed by atoms with Gasteiger partial charge in [-0.2, -0.15) is 0 Å². The van der Waals surface area contributed by atoms with Gasteiger partial charge in [0.1, 0.15) is 5.67 Å². The molecule has 0 amide bonds. The number of nitrogens with one attached hydrogen (secondary N) is 1. The van der Waals surface area contributed by atoms with E-state index in [1.807, 2.05) is 0 Å². The highest BCUT2D eigenvalue weighted by Crippen LogP contribution is 2.31. The number of H-pyrrole nitrogens is 1. The Hall–Kier alpha value is -1.09. The number of nitrogens with zero attached hydrogens (tertiary/aromatic N) is 1. The molecule has 0 spiro atoms. The Kier molecular flexibility index (Phi) is 3.28. The van der Waals surface area contributed by atoms with Gasteiger partial charge in [0, 0.05) is 29.7 Å². The molecule has 110 valence electrons. The van der Waals surface area contributed by atoms with Crippen LogP contribution in [0, 0.1) is 0 Å². The van der Waals surface area contributed by atoms with Crippen molar-refractivity contribution in [2.45, 2.75) is 64.7 Å². The van der Waals surface area contributed by atoms with Crippen LogP contribution in [-0.2, 0) is 6.42 Å². The van der Waals surface area contributed by atoms with Crippen molar-refractivity contribution in [3.05, 3.63) is 21.8 Å². The number of halogens is 1. The van der Waals surface area contributed by atoms with Gasteiger partial charge in [0.15, 0.2) is 0 Å². The van der Waals surface area contributed by atoms with E-state index in [4.69, 9.17) is 0 Å². The maximum atomic E-state index is 14.1. The summed E-state index contributed by atoms with van der Waals surface area (Å²) in [5.41, 5.74) is 1.61. The van der Waals surface area contributed by atoms with E-state index in [1.165, 1.54) is 21.8 Å². The first kappa shape index (κ1) is 13.9. The standard InChI is InChI=1S/C17H25FN2/c1-11-9-14-13-7-5-6-8-15(13)19-16(14)12(2)20(11)10-17(3,4)18/h7-8,11-12,19H,5-6,9-10H2,1-4H3/t11-,12?/m1/s1. The summed E-state index contributed by atoms with van der Waals surface area (Å²) in [4.78, 5) is 5.89. The lowest BCUT2D eigenvalue weighted by atomic mass is 9.92. The van der Waals surface area contributed by atoms with Crippen LogP contribution in [0.1, 0.15) is 57.8 Å². The molecule has 1 aliphatic heterocycles. The number of hydrogen-bond acceptors (Lipinski definition) is 1. The number of rotatable bonds is 2. The second-order valence-electron chi connectivity index (χ2n) is 6.95. The number of alkyl halides is 1. The zero-order valence-corrected chi connectivity index (χ0v) is 13.0. The maximum Gasteiger partial charge on any atom is 0.118 e. The minimum Gasteiger partial charge on any atom is -0.357 e. The lowest BCUT2D eigenvalue weighted by molar-refractivity contribution is 0.0591. The Morgan fingerprint density at radius 3 is 2.70 bits per heavy atom. The molecule has 3 heteroatoms. The Morgan fingerprint density at radius 1 is 1.30 bits per heavy atom. The molecule has 0 saturated carbocycles. The van der Waals surface area contributed by atoms with Gasteiger partial charge in [-0.1, -0.05) is 12.2 Å². The molecule has 1 N–H and O–H groups in total. The Balaban J connectivity index is 2.03. The van der Waals surface area contributed by atoms with E-state index in [2.05, 4.69) is 35.9 Å². The average molecular weight is 276 g/mol. The second-order valence-corrected chi connectivity index (χ2v) is 6.95. The summed E-state index contributed by atoms with van der Waals surface area (Å²) >= 11 is 0. The molecule has 3 rings (SSSR count). The fourth-order valence-electron chi connectivity index (χ4n) is 3.71. The molecule has 0 aromatic carbocycles. The molecule has 20 heavy (non-hydrogen) atoms. The first-order valence-corrected chi connectivity index (χ1v) is 7.72. The van der Waals surface area contributed by atoms with Gasteiger partial charge in [0.25, 0.3) is 0 Å². The van der Waals surface area contributed by atoms with Crippen LogP contribution < -0.4 is 10.6 Å². The molecule has 0 bridgehead atoms. The highest BCUT2D eigenvalue weighted by molar-refractivity contribution is 5.43. The fourth-order valence-corrected chi connectivity index (χ4v) is 3.71. The van der Waals surface area contributed by atoms with Crippen molar-refractivity contribution in [2.75, 3.05) is 6.54 Å². The summed E-state index contributed by atoms with van der Waals surface area (Å²) in [6, 6.07) is 0.652. The summed E-state index contributed by atoms with van der Waals surface area (Å²) in [5.74, 6) is 0. The van der Waals surface area contributed by atoms with Crippen LogP contribution in [0.4, 0.5) is 4.39 Å². The van der Waals surface area contributed by atoms with E-state index >= 15 is 0 Å². The van der Waals surface area contributed by atoms with Gasteiger partial charge in [0.05, 0.1) is 0 Å². The summed E-state index contributed by atoms with van der Waals surface area (Å²) < 4.78 is 14.1. The van der Waals surface area contributed by atoms with Crippen molar-refractivity contribution in [3.63, 3.8) is 0 Å². The number of fused-ring (bicyclic) bond motifs is 3. The summed E-state index contributed by atoms with van der Waals surface area (Å²) in [6.07, 6.45) is 7.94. The Morgan fingerprint density at radius 2 is 2.00 bits per heavy atom. The maximum absolute atomic E-state index is 14.1. The average Bonchev–Trinajstić information content (AvgIpc) is 2.73. The zero-order valence-electron chi connectivity index (χ0n) is 13.0. The molecule has 1 aromatic rings. The van der Waals surface area contributed by atoms with Gasteiger partial charge in [-0.3, -0.25) is 4.90 Å². The fraction of sp³-hybridized carbons (Fsp3) is 0.647. The molecule has 2 heterocycles. The predicted octanol–water partition coefficient (Wildman–Crippen LogP) is 2.43. The van der Waals surface area contributed by atoms with E-state index in [1.54, 1.807) is 13.8 Å². The minimum absolute atomic E-state index is 0.260. The molecule has 1 aromatic heterocycles. The largest absolute Gasteiger partial charge is 0.357 e. The van der Waals surface area contributed by atoms with Crippen LogP contribution in [0.5, 0.6) is 0 Å². The SMILES string of the molecule is CC1c2[nH]c3c(c2C[C@@H](C)N1CC(C)(C)F)=CCCC=3. The predicted molar refractivity (Wildman–Crippen MR) is 81.7 cm³/mol. The van der Waals surface area contributed by atoms with Crippen molar-refractivity contribution in [3.8, 4) is 0 Å². The Bertz CT molecular complexity index is 621. The molecule has 0 fully saturated rings. The van der Waals surface area contributed by atoms with Crippen LogP contribution in [0.15, 0.2) is 0 Å². The molecule has 0 saturated heterocycles. The van der Waals surface area contributed by atoms with Crippen molar-refractivity contribution in [1.29, 1.82) is 0 Å². The summed E-state index contributed by atoms with van der Waals surface area (Å²) in [7, 11) is 0. The monoisotopic (exact) mass is 276 g/mol. The number of hydrogen-bond donors (Lipinski definition) is 1. The third-order valence-electron chi connectivity index (χ3n) is 4.61. The van der Waals surface area contributed by atoms with Crippen molar-refractivity contribution < 1.29 is 4.39 Å². The van der Waals surface area contributed by atoms with Gasteiger partial charge in [-0.05, 0) is 57.7 Å². The molecular formula is C17H25FN2. The highest BCUT2D eigenvalue weighted by atomic mass is 19.1. The third kappa shape index (κ3) is 2.32. The molecule has 2 aliphatic rings. The molecule has 2 nitrogen and oxygen atoms in total. The van der Waals surface area contributed by atoms with E-state index in [0.717, 1.165) is 19.3 Å². The summed E-state index contributed by atoms with van der Waals surface area (Å²) in [6.45, 7) is 8.25. The van der Waals surface area contributed by atoms with Crippen LogP contribution in [0.3, 0.4) is 0 Å². The van der Waals surface area contributed by atoms with Gasteiger partial charge in [-0.15, -0.1) is 0 Å². The molecule has 2 atom stereocenters. The van der Waals surface area contributed by atoms with Crippen molar-refractivity contribution in [1.82, 2.24) is 9.88 Å². The summed E-state index contributed by atoms with van der Waals surface area (Å²) in [5, 5.41) is 2.69. The first-order chi connectivity index (χ1) is 9.37. The second kappa shape index (κ2) is 4.73. The van der Waals surface area contributed by atoms with E-state index < -0.39 is 5.67 Å². The lowest BCUT2D eigenvalue weighted by Gasteiger charge is -2.41. The normalized spacial score (nSPS) is 26.4. The van der Waals surface area contributed by atoms with Gasteiger partial charge in [-0.25, -0.2) is 4.39 Å². The molecular weight excluding hydrogens is 251 g/mol. The Labute approximate surface area is 120 Å². The van der Waals surface area contributed by atoms with Crippen LogP contribution in [0.25, 0.3) is 12.2 Å². The molecule has 0 radical (unpaired) electrons. The highest BCUT2D eigenvalue weighted by Gasteiger charge is 2.34. The van der Waals surface area contributed by atoms with E-state index in [9.17, 15) is 4.39 Å². The van der Waals surface area contributed by atoms with Crippen LogP contribution in [-0.4, -0.2) is 28.1 Å².